The van der Waals surface area contributed by atoms with Gasteiger partial charge in [0.25, 0.3) is 0 Å². The number of aryl methyl sites for hydroxylation is 1. The molecule has 1 aromatic heterocycles. The van der Waals surface area contributed by atoms with E-state index >= 15 is 0 Å². The number of benzene rings is 1. The van der Waals surface area contributed by atoms with Gasteiger partial charge in [0.15, 0.2) is 0 Å². The van der Waals surface area contributed by atoms with Gasteiger partial charge in [0, 0.05) is 17.5 Å². The molecule has 24 heavy (non-hydrogen) atoms. The smallest absolute Gasteiger partial charge is 0.338 e. The van der Waals surface area contributed by atoms with Crippen LogP contribution in [0.15, 0.2) is 18.2 Å². The van der Waals surface area contributed by atoms with Gasteiger partial charge in [0.1, 0.15) is 17.0 Å². The number of halogens is 2. The maximum Gasteiger partial charge on any atom is 0.338 e. The molecule has 1 heterocycles. The monoisotopic (exact) mass is 333 g/mol. The summed E-state index contributed by atoms with van der Waals surface area (Å²) in [6.07, 6.45) is 1.17. The van der Waals surface area contributed by atoms with Crippen LogP contribution >= 0.6 is 0 Å². The maximum absolute atomic E-state index is 15.0. The van der Waals surface area contributed by atoms with Crippen LogP contribution in [0.5, 0.6) is 0 Å². The van der Waals surface area contributed by atoms with Gasteiger partial charge >= 0.3 is 5.97 Å². The summed E-state index contributed by atoms with van der Waals surface area (Å²) >= 11 is 0. The van der Waals surface area contributed by atoms with Crippen molar-refractivity contribution in [1.29, 1.82) is 0 Å². The number of hydrogen-bond acceptors (Lipinski definition) is 3. The molecule has 0 aliphatic heterocycles. The van der Waals surface area contributed by atoms with Crippen LogP contribution < -0.4 is 0 Å². The number of rotatable bonds is 3. The van der Waals surface area contributed by atoms with E-state index in [4.69, 9.17) is 4.74 Å². The summed E-state index contributed by atoms with van der Waals surface area (Å²) < 4.78 is 34.3. The van der Waals surface area contributed by atoms with Crippen molar-refractivity contribution in [3.63, 3.8) is 0 Å². The SMILES string of the molecule is CCOC(=O)c1cc(F)c2nc3c(cc2c1)CC(F)(C(C)C)CC3. The highest BCUT2D eigenvalue weighted by Crippen LogP contribution is 2.38. The van der Waals surface area contributed by atoms with E-state index in [1.165, 1.54) is 0 Å². The van der Waals surface area contributed by atoms with Gasteiger partial charge in [-0.3, -0.25) is 0 Å². The molecule has 1 aliphatic rings. The van der Waals surface area contributed by atoms with E-state index in [1.54, 1.807) is 19.1 Å². The molecular weight excluding hydrogens is 312 g/mol. The lowest BCUT2D eigenvalue weighted by molar-refractivity contribution is 0.0526. The number of aromatic nitrogens is 1. The average Bonchev–Trinajstić information content (AvgIpc) is 2.53. The van der Waals surface area contributed by atoms with Gasteiger partial charge in [0.05, 0.1) is 12.2 Å². The number of carbonyl (C=O) groups is 1. The standard InChI is InChI=1S/C19H21F2NO2/c1-4-24-18(23)13-7-12-8-14-10-19(21,11(2)3)6-5-16(14)22-17(12)15(20)9-13/h7-9,11H,4-6,10H2,1-3H3. The average molecular weight is 333 g/mol. The third-order valence-corrected chi connectivity index (χ3v) is 4.85. The van der Waals surface area contributed by atoms with E-state index in [0.717, 1.165) is 17.3 Å². The first-order chi connectivity index (χ1) is 11.3. The fraction of sp³-hybridized carbons (Fsp3) is 0.474. The lowest BCUT2D eigenvalue weighted by Gasteiger charge is -2.34. The Morgan fingerprint density at radius 1 is 1.38 bits per heavy atom. The van der Waals surface area contributed by atoms with E-state index < -0.39 is 17.5 Å². The molecule has 1 unspecified atom stereocenters. The van der Waals surface area contributed by atoms with Crippen LogP contribution in [0.1, 0.15) is 48.8 Å². The Kier molecular flexibility index (Phi) is 4.28. The minimum Gasteiger partial charge on any atom is -0.462 e. The number of hydrogen-bond donors (Lipinski definition) is 0. The Morgan fingerprint density at radius 2 is 2.12 bits per heavy atom. The third kappa shape index (κ3) is 2.87. The molecule has 1 atom stereocenters. The Bertz CT molecular complexity index is 804. The maximum atomic E-state index is 15.0. The summed E-state index contributed by atoms with van der Waals surface area (Å²) in [5.41, 5.74) is 0.650. The lowest BCUT2D eigenvalue weighted by atomic mass is 9.77. The molecule has 0 fully saturated rings. The molecule has 0 saturated heterocycles. The molecule has 0 radical (unpaired) electrons. The highest BCUT2D eigenvalue weighted by Gasteiger charge is 2.38. The summed E-state index contributed by atoms with van der Waals surface area (Å²) in [7, 11) is 0. The summed E-state index contributed by atoms with van der Waals surface area (Å²) in [5.74, 6) is -1.22. The van der Waals surface area contributed by atoms with Crippen molar-refractivity contribution >= 4 is 16.9 Å². The molecule has 1 aromatic carbocycles. The Balaban J connectivity index is 2.08. The Labute approximate surface area is 140 Å². The fourth-order valence-corrected chi connectivity index (χ4v) is 3.25. The second kappa shape index (κ2) is 6.11. The number of esters is 1. The number of nitrogens with zero attached hydrogens (tertiary/aromatic N) is 1. The summed E-state index contributed by atoms with van der Waals surface area (Å²) in [5, 5.41) is 0.504. The van der Waals surface area contributed by atoms with Crippen molar-refractivity contribution in [2.45, 2.75) is 45.7 Å². The van der Waals surface area contributed by atoms with Crippen LogP contribution in [0.4, 0.5) is 8.78 Å². The molecule has 0 amide bonds. The number of alkyl halides is 1. The Hall–Kier alpha value is -2.04. The largest absolute Gasteiger partial charge is 0.462 e. The number of fused-ring (bicyclic) bond motifs is 2. The molecule has 128 valence electrons. The first-order valence-corrected chi connectivity index (χ1v) is 8.32. The Morgan fingerprint density at radius 3 is 2.79 bits per heavy atom. The first-order valence-electron chi connectivity index (χ1n) is 8.32. The zero-order valence-electron chi connectivity index (χ0n) is 14.2. The van der Waals surface area contributed by atoms with Gasteiger partial charge in [-0.25, -0.2) is 18.6 Å². The molecule has 3 nitrogen and oxygen atoms in total. The second-order valence-electron chi connectivity index (χ2n) is 6.71. The van der Waals surface area contributed by atoms with E-state index in [0.29, 0.717) is 18.2 Å². The fourth-order valence-electron chi connectivity index (χ4n) is 3.25. The highest BCUT2D eigenvalue weighted by atomic mass is 19.1. The molecule has 1 aliphatic carbocycles. The molecule has 3 rings (SSSR count). The molecule has 2 aromatic rings. The van der Waals surface area contributed by atoms with Gasteiger partial charge in [-0.2, -0.15) is 0 Å². The number of pyridine rings is 1. The summed E-state index contributed by atoms with van der Waals surface area (Å²) in [6, 6.07) is 4.48. The van der Waals surface area contributed by atoms with Gasteiger partial charge in [-0.1, -0.05) is 13.8 Å². The first kappa shape index (κ1) is 16.8. The molecule has 0 bridgehead atoms. The third-order valence-electron chi connectivity index (χ3n) is 4.85. The zero-order valence-corrected chi connectivity index (χ0v) is 14.2. The quantitative estimate of drug-likeness (QED) is 0.781. The summed E-state index contributed by atoms with van der Waals surface area (Å²) in [6.45, 7) is 5.66. The number of carbonyl (C=O) groups excluding carboxylic acids is 1. The predicted octanol–water partition coefficient (Wildman–Crippen LogP) is 4.40. The van der Waals surface area contributed by atoms with Crippen molar-refractivity contribution < 1.29 is 18.3 Å². The van der Waals surface area contributed by atoms with Crippen molar-refractivity contribution in [2.24, 2.45) is 5.92 Å². The highest BCUT2D eigenvalue weighted by molar-refractivity contribution is 5.95. The van der Waals surface area contributed by atoms with E-state index in [-0.39, 0.29) is 30.0 Å². The van der Waals surface area contributed by atoms with Crippen LogP contribution in [0, 0.1) is 11.7 Å². The van der Waals surface area contributed by atoms with Crippen molar-refractivity contribution in [3.8, 4) is 0 Å². The predicted molar refractivity (Wildman–Crippen MR) is 88.4 cm³/mol. The van der Waals surface area contributed by atoms with Crippen molar-refractivity contribution in [3.05, 3.63) is 40.8 Å². The topological polar surface area (TPSA) is 39.2 Å². The van der Waals surface area contributed by atoms with Crippen molar-refractivity contribution in [2.75, 3.05) is 6.61 Å². The molecule has 0 spiro atoms. The second-order valence-corrected chi connectivity index (χ2v) is 6.71. The van der Waals surface area contributed by atoms with Crippen molar-refractivity contribution in [1.82, 2.24) is 4.98 Å². The molecule has 0 N–H and O–H groups in total. The van der Waals surface area contributed by atoms with Crippen LogP contribution in [0.2, 0.25) is 0 Å². The van der Waals surface area contributed by atoms with Gasteiger partial charge in [0.2, 0.25) is 0 Å². The van der Waals surface area contributed by atoms with Gasteiger partial charge in [-0.05, 0) is 49.4 Å². The van der Waals surface area contributed by atoms with Crippen LogP contribution in [-0.2, 0) is 17.6 Å². The minimum absolute atomic E-state index is 0.0936. The van der Waals surface area contributed by atoms with Crippen LogP contribution in [0.3, 0.4) is 0 Å². The molecule has 0 saturated carbocycles. The van der Waals surface area contributed by atoms with E-state index in [2.05, 4.69) is 4.98 Å². The van der Waals surface area contributed by atoms with Gasteiger partial charge in [-0.15, -0.1) is 0 Å². The van der Waals surface area contributed by atoms with E-state index in [9.17, 15) is 13.6 Å². The normalized spacial score (nSPS) is 20.2. The number of ether oxygens (including phenoxy) is 1. The summed E-state index contributed by atoms with van der Waals surface area (Å²) in [4.78, 5) is 16.2. The van der Waals surface area contributed by atoms with E-state index in [1.807, 2.05) is 13.8 Å². The zero-order chi connectivity index (χ0) is 17.5. The molecular formula is C19H21F2NO2. The minimum atomic E-state index is -1.26. The van der Waals surface area contributed by atoms with Gasteiger partial charge < -0.3 is 4.74 Å². The lowest BCUT2D eigenvalue weighted by Crippen LogP contribution is -2.36. The molecule has 5 heteroatoms. The van der Waals surface area contributed by atoms with Crippen LogP contribution in [0.25, 0.3) is 10.9 Å². The van der Waals surface area contributed by atoms with Crippen LogP contribution in [-0.4, -0.2) is 23.2 Å².